The second-order valence-electron chi connectivity index (χ2n) is 4.56. The third kappa shape index (κ3) is 2.80. The highest BCUT2D eigenvalue weighted by molar-refractivity contribution is 4.85. The monoisotopic (exact) mass is 224 g/mol. The second-order valence-corrected chi connectivity index (χ2v) is 4.56. The molecule has 5 heteroatoms. The molecule has 1 aromatic rings. The Morgan fingerprint density at radius 2 is 2.44 bits per heavy atom. The molecule has 1 fully saturated rings. The molecular weight excluding hydrogens is 204 g/mol. The molecule has 16 heavy (non-hydrogen) atoms. The number of aliphatic hydroxyl groups is 1. The molecule has 0 amide bonds. The van der Waals surface area contributed by atoms with E-state index >= 15 is 0 Å². The predicted molar refractivity (Wildman–Crippen MR) is 60.7 cm³/mol. The second kappa shape index (κ2) is 5.41. The van der Waals surface area contributed by atoms with Crippen LogP contribution in [0.15, 0.2) is 6.33 Å². The Balaban J connectivity index is 1.88. The van der Waals surface area contributed by atoms with Crippen LogP contribution in [-0.2, 0) is 13.6 Å². The fourth-order valence-corrected chi connectivity index (χ4v) is 2.38. The number of likely N-dealkylation sites (tertiary alicyclic amines) is 1. The lowest BCUT2D eigenvalue weighted by Gasteiger charge is -2.31. The molecule has 0 saturated carbocycles. The van der Waals surface area contributed by atoms with E-state index in [2.05, 4.69) is 15.0 Å². The van der Waals surface area contributed by atoms with Gasteiger partial charge in [0, 0.05) is 20.2 Å². The van der Waals surface area contributed by atoms with Gasteiger partial charge in [-0.1, -0.05) is 0 Å². The van der Waals surface area contributed by atoms with E-state index in [1.165, 1.54) is 12.8 Å². The van der Waals surface area contributed by atoms with Crippen LogP contribution in [0, 0.1) is 5.92 Å². The van der Waals surface area contributed by atoms with E-state index in [0.717, 1.165) is 31.9 Å². The highest BCUT2D eigenvalue weighted by Crippen LogP contribution is 2.20. The summed E-state index contributed by atoms with van der Waals surface area (Å²) in [6.07, 6.45) is 5.00. The maximum atomic E-state index is 8.96. The van der Waals surface area contributed by atoms with Crippen LogP contribution in [-0.4, -0.2) is 44.5 Å². The fraction of sp³-hybridized carbons (Fsp3) is 0.818. The lowest BCUT2D eigenvalue weighted by molar-refractivity contribution is 0.138. The molecule has 1 saturated heterocycles. The van der Waals surface area contributed by atoms with Gasteiger partial charge in [0.05, 0.1) is 6.54 Å². The van der Waals surface area contributed by atoms with Gasteiger partial charge in [-0.15, -0.1) is 0 Å². The Hall–Kier alpha value is -0.940. The fourth-order valence-electron chi connectivity index (χ4n) is 2.38. The van der Waals surface area contributed by atoms with E-state index in [0.29, 0.717) is 12.5 Å². The summed E-state index contributed by atoms with van der Waals surface area (Å²) in [7, 11) is 1.93. The molecule has 2 rings (SSSR count). The molecule has 2 heterocycles. The molecule has 1 aromatic heterocycles. The molecule has 90 valence electrons. The first-order valence-corrected chi connectivity index (χ1v) is 5.95. The van der Waals surface area contributed by atoms with Crippen molar-refractivity contribution in [1.82, 2.24) is 19.7 Å². The summed E-state index contributed by atoms with van der Waals surface area (Å²) in [5, 5.41) is 13.0. The van der Waals surface area contributed by atoms with Gasteiger partial charge in [-0.05, 0) is 31.7 Å². The lowest BCUT2D eigenvalue weighted by Crippen LogP contribution is -2.36. The van der Waals surface area contributed by atoms with Gasteiger partial charge in [-0.25, -0.2) is 4.98 Å². The Morgan fingerprint density at radius 3 is 3.12 bits per heavy atom. The number of nitrogens with zero attached hydrogens (tertiary/aromatic N) is 4. The van der Waals surface area contributed by atoms with E-state index in [4.69, 9.17) is 5.11 Å². The average Bonchev–Trinajstić information content (AvgIpc) is 2.66. The van der Waals surface area contributed by atoms with E-state index in [-0.39, 0.29) is 0 Å². The number of aromatic nitrogens is 3. The van der Waals surface area contributed by atoms with Gasteiger partial charge in [0.25, 0.3) is 0 Å². The maximum absolute atomic E-state index is 8.96. The molecular formula is C11H20N4O. The van der Waals surface area contributed by atoms with E-state index in [1.807, 2.05) is 11.7 Å². The van der Waals surface area contributed by atoms with Crippen LogP contribution < -0.4 is 0 Å². The summed E-state index contributed by atoms with van der Waals surface area (Å²) in [5.74, 6) is 1.66. The van der Waals surface area contributed by atoms with Crippen molar-refractivity contribution in [3.05, 3.63) is 12.2 Å². The van der Waals surface area contributed by atoms with Crippen molar-refractivity contribution in [3.63, 3.8) is 0 Å². The molecule has 1 aliphatic rings. The zero-order chi connectivity index (χ0) is 11.4. The Kier molecular flexibility index (Phi) is 3.90. The number of hydrogen-bond donors (Lipinski definition) is 1. The van der Waals surface area contributed by atoms with E-state index in [9.17, 15) is 0 Å². The maximum Gasteiger partial charge on any atom is 0.140 e. The smallest absolute Gasteiger partial charge is 0.140 e. The van der Waals surface area contributed by atoms with Crippen LogP contribution in [0.3, 0.4) is 0 Å². The van der Waals surface area contributed by atoms with Crippen molar-refractivity contribution in [3.8, 4) is 0 Å². The van der Waals surface area contributed by atoms with Crippen molar-refractivity contribution < 1.29 is 5.11 Å². The Morgan fingerprint density at radius 1 is 1.56 bits per heavy atom. The normalized spacial score (nSPS) is 22.5. The predicted octanol–water partition coefficient (Wildman–Crippen LogP) is 0.409. The molecule has 0 radical (unpaired) electrons. The van der Waals surface area contributed by atoms with Gasteiger partial charge in [0.2, 0.25) is 0 Å². The summed E-state index contributed by atoms with van der Waals surface area (Å²) < 4.78 is 1.83. The summed E-state index contributed by atoms with van der Waals surface area (Å²) in [5.41, 5.74) is 0. The van der Waals surface area contributed by atoms with Crippen LogP contribution in [0.1, 0.15) is 25.1 Å². The van der Waals surface area contributed by atoms with Gasteiger partial charge < -0.3 is 5.11 Å². The van der Waals surface area contributed by atoms with E-state index < -0.39 is 0 Å². The van der Waals surface area contributed by atoms with Gasteiger partial charge in [-0.3, -0.25) is 9.58 Å². The minimum absolute atomic E-state index is 0.308. The molecule has 0 spiro atoms. The van der Waals surface area contributed by atoms with Gasteiger partial charge in [0.1, 0.15) is 12.2 Å². The quantitative estimate of drug-likeness (QED) is 0.805. The highest BCUT2D eigenvalue weighted by Gasteiger charge is 2.20. The molecule has 0 bridgehead atoms. The van der Waals surface area contributed by atoms with Crippen molar-refractivity contribution in [2.75, 3.05) is 19.7 Å². The largest absolute Gasteiger partial charge is 0.396 e. The molecule has 5 nitrogen and oxygen atoms in total. The lowest BCUT2D eigenvalue weighted by atomic mass is 9.95. The minimum Gasteiger partial charge on any atom is -0.396 e. The number of aryl methyl sites for hydroxylation is 1. The molecule has 1 unspecified atom stereocenters. The number of hydrogen-bond acceptors (Lipinski definition) is 4. The molecule has 1 aliphatic heterocycles. The molecule has 1 N–H and O–H groups in total. The number of piperidine rings is 1. The number of aliphatic hydroxyl groups excluding tert-OH is 1. The van der Waals surface area contributed by atoms with Crippen molar-refractivity contribution >= 4 is 0 Å². The third-order valence-electron chi connectivity index (χ3n) is 3.31. The highest BCUT2D eigenvalue weighted by atomic mass is 16.3. The van der Waals surface area contributed by atoms with Crippen molar-refractivity contribution in [2.45, 2.75) is 25.8 Å². The molecule has 1 atom stereocenters. The summed E-state index contributed by atoms with van der Waals surface area (Å²) in [6, 6.07) is 0. The topological polar surface area (TPSA) is 54.2 Å². The minimum atomic E-state index is 0.308. The van der Waals surface area contributed by atoms with Crippen molar-refractivity contribution in [1.29, 1.82) is 0 Å². The van der Waals surface area contributed by atoms with Crippen LogP contribution in [0.25, 0.3) is 0 Å². The first-order chi connectivity index (χ1) is 7.79. The standard InChI is InChI=1S/C11H20N4O/c1-14-11(12-9-13-14)8-15-5-2-3-10(7-15)4-6-16/h9-10,16H,2-8H2,1H3. The average molecular weight is 224 g/mol. The van der Waals surface area contributed by atoms with Crippen LogP contribution >= 0.6 is 0 Å². The first-order valence-electron chi connectivity index (χ1n) is 5.95. The SMILES string of the molecule is Cn1ncnc1CN1CCCC(CCO)C1. The Labute approximate surface area is 96.1 Å². The number of rotatable bonds is 4. The molecule has 0 aromatic carbocycles. The van der Waals surface area contributed by atoms with Gasteiger partial charge >= 0.3 is 0 Å². The van der Waals surface area contributed by atoms with Gasteiger partial charge in [0.15, 0.2) is 0 Å². The van der Waals surface area contributed by atoms with Crippen LogP contribution in [0.2, 0.25) is 0 Å². The first kappa shape index (κ1) is 11.5. The summed E-state index contributed by atoms with van der Waals surface area (Å²) >= 11 is 0. The van der Waals surface area contributed by atoms with Crippen molar-refractivity contribution in [2.24, 2.45) is 13.0 Å². The van der Waals surface area contributed by atoms with E-state index in [1.54, 1.807) is 6.33 Å². The summed E-state index contributed by atoms with van der Waals surface area (Å²) in [6.45, 7) is 3.39. The van der Waals surface area contributed by atoms with Crippen LogP contribution in [0.4, 0.5) is 0 Å². The van der Waals surface area contributed by atoms with Gasteiger partial charge in [-0.2, -0.15) is 5.10 Å². The van der Waals surface area contributed by atoms with Crippen LogP contribution in [0.5, 0.6) is 0 Å². The zero-order valence-corrected chi connectivity index (χ0v) is 9.84. The zero-order valence-electron chi connectivity index (χ0n) is 9.84. The Bertz CT molecular complexity index is 324. The summed E-state index contributed by atoms with van der Waals surface area (Å²) in [4.78, 5) is 6.65. The molecule has 0 aliphatic carbocycles. The third-order valence-corrected chi connectivity index (χ3v) is 3.31.